The van der Waals surface area contributed by atoms with Crippen LogP contribution in [0.2, 0.25) is 0 Å². The van der Waals surface area contributed by atoms with Crippen molar-refractivity contribution in [2.24, 2.45) is 0 Å². The Labute approximate surface area is 112 Å². The van der Waals surface area contributed by atoms with Gasteiger partial charge in [-0.05, 0) is 37.6 Å². The molecule has 0 saturated carbocycles. The first-order valence-electron chi connectivity index (χ1n) is 5.89. The van der Waals surface area contributed by atoms with Gasteiger partial charge in [-0.3, -0.25) is 4.79 Å². The van der Waals surface area contributed by atoms with Crippen LogP contribution in [0.5, 0.6) is 0 Å². The van der Waals surface area contributed by atoms with Gasteiger partial charge in [0.2, 0.25) is 0 Å². The maximum absolute atomic E-state index is 12.7. The fraction of sp³-hybridized carbons (Fsp3) is 0.462. The summed E-state index contributed by atoms with van der Waals surface area (Å²) in [5, 5.41) is -1.13. The average molecular weight is 288 g/mol. The molecular formula is C13H17FO4S. The van der Waals surface area contributed by atoms with Crippen LogP contribution in [0.25, 0.3) is 0 Å². The molecule has 0 aromatic heterocycles. The summed E-state index contributed by atoms with van der Waals surface area (Å²) in [7, 11) is -2.03. The Morgan fingerprint density at radius 3 is 2.42 bits per heavy atom. The topological polar surface area (TPSA) is 60.4 Å². The lowest BCUT2D eigenvalue weighted by Crippen LogP contribution is -2.30. The second-order valence-corrected chi connectivity index (χ2v) is 6.67. The molecule has 6 heteroatoms. The van der Waals surface area contributed by atoms with E-state index in [9.17, 15) is 17.6 Å². The molecule has 0 saturated heterocycles. The highest BCUT2D eigenvalue weighted by Crippen LogP contribution is 2.13. The summed E-state index contributed by atoms with van der Waals surface area (Å²) >= 11 is 0. The van der Waals surface area contributed by atoms with E-state index in [-0.39, 0.29) is 11.3 Å². The minimum atomic E-state index is -3.51. The summed E-state index contributed by atoms with van der Waals surface area (Å²) in [5.74, 6) is -1.08. The lowest BCUT2D eigenvalue weighted by Gasteiger charge is -2.11. The van der Waals surface area contributed by atoms with Gasteiger partial charge in [0, 0.05) is 19.3 Å². The number of sulfone groups is 1. The minimum Gasteiger partial charge on any atom is -0.385 e. The maximum atomic E-state index is 12.7. The molecule has 19 heavy (non-hydrogen) atoms. The van der Waals surface area contributed by atoms with Crippen molar-refractivity contribution < 1.29 is 22.3 Å². The second kappa shape index (κ2) is 6.77. The molecule has 4 nitrogen and oxygen atoms in total. The molecule has 0 aliphatic heterocycles. The third kappa shape index (κ3) is 4.40. The molecule has 1 unspecified atom stereocenters. The van der Waals surface area contributed by atoms with Gasteiger partial charge in [-0.1, -0.05) is 0 Å². The second-order valence-electron chi connectivity index (χ2n) is 4.23. The first kappa shape index (κ1) is 15.8. The van der Waals surface area contributed by atoms with Crippen molar-refractivity contribution in [2.45, 2.75) is 18.6 Å². The lowest BCUT2D eigenvalue weighted by atomic mass is 10.1. The largest absolute Gasteiger partial charge is 0.385 e. The van der Waals surface area contributed by atoms with E-state index in [1.165, 1.54) is 26.2 Å². The van der Waals surface area contributed by atoms with Gasteiger partial charge in [-0.25, -0.2) is 12.8 Å². The summed E-state index contributed by atoms with van der Waals surface area (Å²) in [4.78, 5) is 12.0. The Morgan fingerprint density at radius 1 is 1.32 bits per heavy atom. The minimum absolute atomic E-state index is 0.102. The molecule has 0 heterocycles. The van der Waals surface area contributed by atoms with Crippen molar-refractivity contribution in [3.63, 3.8) is 0 Å². The van der Waals surface area contributed by atoms with Crippen LogP contribution < -0.4 is 0 Å². The van der Waals surface area contributed by atoms with Gasteiger partial charge in [0.25, 0.3) is 0 Å². The number of carbonyl (C=O) groups excluding carboxylic acids is 1. The number of ketones is 1. The van der Waals surface area contributed by atoms with Crippen molar-refractivity contribution in [3.8, 4) is 0 Å². The van der Waals surface area contributed by atoms with Crippen molar-refractivity contribution in [2.75, 3.05) is 19.5 Å². The van der Waals surface area contributed by atoms with Crippen LogP contribution in [0.1, 0.15) is 23.7 Å². The van der Waals surface area contributed by atoms with Crippen LogP contribution in [-0.2, 0) is 14.6 Å². The number of Topliss-reactive ketones (excluding diaryl/α,β-unsaturated/α-hetero) is 1. The molecule has 1 aromatic rings. The molecule has 0 radical (unpaired) electrons. The van der Waals surface area contributed by atoms with E-state index >= 15 is 0 Å². The van der Waals surface area contributed by atoms with Crippen LogP contribution in [0.3, 0.4) is 0 Å². The van der Waals surface area contributed by atoms with Gasteiger partial charge in [-0.15, -0.1) is 0 Å². The number of benzene rings is 1. The van der Waals surface area contributed by atoms with E-state index in [0.29, 0.717) is 13.0 Å². The first-order chi connectivity index (χ1) is 8.88. The van der Waals surface area contributed by atoms with Gasteiger partial charge in [0.15, 0.2) is 15.6 Å². The van der Waals surface area contributed by atoms with E-state index in [1.54, 1.807) is 0 Å². The van der Waals surface area contributed by atoms with E-state index in [0.717, 1.165) is 12.1 Å². The summed E-state index contributed by atoms with van der Waals surface area (Å²) in [6.45, 7) is 1.69. The monoisotopic (exact) mass is 288 g/mol. The fourth-order valence-electron chi connectivity index (χ4n) is 1.59. The quantitative estimate of drug-likeness (QED) is 0.567. The molecule has 106 valence electrons. The van der Waals surface area contributed by atoms with Gasteiger partial charge in [0.1, 0.15) is 11.1 Å². The number of hydrogen-bond donors (Lipinski definition) is 0. The zero-order valence-electron chi connectivity index (χ0n) is 10.9. The average Bonchev–Trinajstić information content (AvgIpc) is 2.38. The van der Waals surface area contributed by atoms with Gasteiger partial charge in [0.05, 0.1) is 5.75 Å². The fourth-order valence-corrected chi connectivity index (χ4v) is 2.93. The van der Waals surface area contributed by atoms with Crippen molar-refractivity contribution >= 4 is 15.6 Å². The van der Waals surface area contributed by atoms with Crippen LogP contribution in [0.4, 0.5) is 4.39 Å². The van der Waals surface area contributed by atoms with Crippen LogP contribution in [0, 0.1) is 5.82 Å². The summed E-state index contributed by atoms with van der Waals surface area (Å²) in [6.07, 6.45) is 0.347. The number of hydrogen-bond acceptors (Lipinski definition) is 4. The molecule has 1 rings (SSSR count). The highest BCUT2D eigenvalue weighted by molar-refractivity contribution is 7.92. The predicted molar refractivity (Wildman–Crippen MR) is 70.5 cm³/mol. The van der Waals surface area contributed by atoms with E-state index < -0.39 is 26.7 Å². The third-order valence-corrected chi connectivity index (χ3v) is 4.96. The van der Waals surface area contributed by atoms with Crippen molar-refractivity contribution in [1.82, 2.24) is 0 Å². The molecule has 0 spiro atoms. The summed E-state index contributed by atoms with van der Waals surface area (Å²) < 4.78 is 41.4. The number of carbonyl (C=O) groups is 1. The van der Waals surface area contributed by atoms with Crippen LogP contribution in [-0.4, -0.2) is 38.9 Å². The highest BCUT2D eigenvalue weighted by Gasteiger charge is 2.28. The Morgan fingerprint density at radius 2 is 1.89 bits per heavy atom. The van der Waals surface area contributed by atoms with E-state index in [2.05, 4.69) is 0 Å². The summed E-state index contributed by atoms with van der Waals surface area (Å²) in [5.41, 5.74) is 0.198. The van der Waals surface area contributed by atoms with Gasteiger partial charge < -0.3 is 4.74 Å². The molecule has 0 amide bonds. The zero-order valence-corrected chi connectivity index (χ0v) is 11.7. The summed E-state index contributed by atoms with van der Waals surface area (Å²) in [6, 6.07) is 4.85. The smallest absolute Gasteiger partial charge is 0.180 e. The van der Waals surface area contributed by atoms with Gasteiger partial charge >= 0.3 is 0 Å². The van der Waals surface area contributed by atoms with Crippen molar-refractivity contribution in [1.29, 1.82) is 0 Å². The van der Waals surface area contributed by atoms with Crippen LogP contribution >= 0.6 is 0 Å². The predicted octanol–water partition coefficient (Wildman–Crippen LogP) is 1.85. The first-order valence-corrected chi connectivity index (χ1v) is 7.60. The Kier molecular flexibility index (Phi) is 5.62. The molecule has 1 atom stereocenters. The normalized spacial score (nSPS) is 13.2. The number of ether oxygens (including phenoxy) is 1. The van der Waals surface area contributed by atoms with E-state index in [1.807, 2.05) is 0 Å². The lowest BCUT2D eigenvalue weighted by molar-refractivity contribution is 0.0991. The highest BCUT2D eigenvalue weighted by atomic mass is 32.2. The van der Waals surface area contributed by atoms with Gasteiger partial charge in [-0.2, -0.15) is 0 Å². The standard InChI is InChI=1S/C13H17FO4S/c1-10(19(16,17)9-3-8-18-2)13(15)11-4-6-12(14)7-5-11/h4-7,10H,3,8-9H2,1-2H3. The SMILES string of the molecule is COCCCS(=O)(=O)C(C)C(=O)c1ccc(F)cc1. The molecule has 0 fully saturated rings. The molecule has 0 aliphatic rings. The molecular weight excluding hydrogens is 271 g/mol. The molecule has 0 N–H and O–H groups in total. The zero-order chi connectivity index (χ0) is 14.5. The molecule has 1 aromatic carbocycles. The molecule has 0 aliphatic carbocycles. The maximum Gasteiger partial charge on any atom is 0.180 e. The molecule has 0 bridgehead atoms. The number of methoxy groups -OCH3 is 1. The van der Waals surface area contributed by atoms with E-state index in [4.69, 9.17) is 4.74 Å². The van der Waals surface area contributed by atoms with Crippen LogP contribution in [0.15, 0.2) is 24.3 Å². The Bertz CT molecular complexity index is 522. The number of halogens is 1. The third-order valence-electron chi connectivity index (χ3n) is 2.81. The Balaban J connectivity index is 2.78. The Hall–Kier alpha value is -1.27. The number of rotatable bonds is 7. The van der Waals surface area contributed by atoms with Crippen molar-refractivity contribution in [3.05, 3.63) is 35.6 Å².